The fourth-order valence-corrected chi connectivity index (χ4v) is 2.49. The maximum atomic E-state index is 5.68. The molecule has 3 heterocycles. The minimum Gasteiger partial charge on any atom is -0.396 e. The molecule has 3 rings (SSSR count). The number of nitrogens with zero attached hydrogens (tertiary/aromatic N) is 3. The molecule has 90 valence electrons. The number of nitrogens with two attached hydrogens (primary N) is 1. The largest absolute Gasteiger partial charge is 0.396 e. The van der Waals surface area contributed by atoms with Crippen molar-refractivity contribution < 1.29 is 0 Å². The Hall–Kier alpha value is -1.62. The molecule has 5 nitrogen and oxygen atoms in total. The molecule has 17 heavy (non-hydrogen) atoms. The van der Waals surface area contributed by atoms with Gasteiger partial charge in [-0.05, 0) is 38.3 Å². The second-order valence-electron chi connectivity index (χ2n) is 4.74. The topological polar surface area (TPSA) is 68.2 Å². The van der Waals surface area contributed by atoms with E-state index in [0.29, 0.717) is 11.6 Å². The third-order valence-corrected chi connectivity index (χ3v) is 3.36. The Labute approximate surface area is 100 Å². The SMILES string of the molecule is Nc1cnc2c(CC3CCCNC3)cnn2c1. The van der Waals surface area contributed by atoms with Gasteiger partial charge in [-0.1, -0.05) is 0 Å². The predicted molar refractivity (Wildman–Crippen MR) is 66.7 cm³/mol. The first-order chi connectivity index (χ1) is 8.33. The molecule has 5 heteroatoms. The van der Waals surface area contributed by atoms with Crippen LogP contribution in [0.5, 0.6) is 0 Å². The van der Waals surface area contributed by atoms with Crippen LogP contribution in [0.2, 0.25) is 0 Å². The van der Waals surface area contributed by atoms with E-state index in [-0.39, 0.29) is 0 Å². The molecule has 0 spiro atoms. The first-order valence-corrected chi connectivity index (χ1v) is 6.11. The molecule has 0 amide bonds. The van der Waals surface area contributed by atoms with Gasteiger partial charge in [0.05, 0.1) is 24.3 Å². The van der Waals surface area contributed by atoms with Crippen molar-refractivity contribution in [1.82, 2.24) is 19.9 Å². The Bertz CT molecular complexity index is 513. The highest BCUT2D eigenvalue weighted by Crippen LogP contribution is 2.19. The fraction of sp³-hybridized carbons (Fsp3) is 0.500. The minimum absolute atomic E-state index is 0.645. The van der Waals surface area contributed by atoms with E-state index in [1.54, 1.807) is 10.7 Å². The lowest BCUT2D eigenvalue weighted by Crippen LogP contribution is -2.30. The van der Waals surface area contributed by atoms with Crippen LogP contribution in [0.3, 0.4) is 0 Å². The third-order valence-electron chi connectivity index (χ3n) is 3.36. The van der Waals surface area contributed by atoms with Gasteiger partial charge in [0.15, 0.2) is 5.65 Å². The maximum Gasteiger partial charge on any atom is 0.158 e. The smallest absolute Gasteiger partial charge is 0.158 e. The van der Waals surface area contributed by atoms with Gasteiger partial charge in [0.1, 0.15) is 0 Å². The lowest BCUT2D eigenvalue weighted by atomic mass is 9.93. The number of hydrogen-bond donors (Lipinski definition) is 2. The van der Waals surface area contributed by atoms with Crippen molar-refractivity contribution in [2.45, 2.75) is 19.3 Å². The molecule has 0 aliphatic carbocycles. The number of hydrogen-bond acceptors (Lipinski definition) is 4. The second-order valence-corrected chi connectivity index (χ2v) is 4.74. The van der Waals surface area contributed by atoms with Crippen LogP contribution in [0.15, 0.2) is 18.6 Å². The maximum absolute atomic E-state index is 5.68. The van der Waals surface area contributed by atoms with Gasteiger partial charge in [-0.25, -0.2) is 9.50 Å². The molecular formula is C12H17N5. The van der Waals surface area contributed by atoms with Gasteiger partial charge in [0.2, 0.25) is 0 Å². The second kappa shape index (κ2) is 4.33. The summed E-state index contributed by atoms with van der Waals surface area (Å²) in [6.07, 6.45) is 9.03. The Morgan fingerprint density at radius 3 is 3.24 bits per heavy atom. The van der Waals surface area contributed by atoms with Gasteiger partial charge >= 0.3 is 0 Å². The highest BCUT2D eigenvalue weighted by molar-refractivity contribution is 5.49. The number of nitrogens with one attached hydrogen (secondary N) is 1. The summed E-state index contributed by atoms with van der Waals surface area (Å²) >= 11 is 0. The average Bonchev–Trinajstić information content (AvgIpc) is 2.73. The van der Waals surface area contributed by atoms with Gasteiger partial charge in [0.25, 0.3) is 0 Å². The van der Waals surface area contributed by atoms with Crippen molar-refractivity contribution in [3.63, 3.8) is 0 Å². The van der Waals surface area contributed by atoms with E-state index < -0.39 is 0 Å². The summed E-state index contributed by atoms with van der Waals surface area (Å²) in [6, 6.07) is 0. The number of rotatable bonds is 2. The monoisotopic (exact) mass is 231 g/mol. The fourth-order valence-electron chi connectivity index (χ4n) is 2.49. The molecule has 1 fully saturated rings. The molecule has 1 aliphatic rings. The van der Waals surface area contributed by atoms with E-state index in [4.69, 9.17) is 5.73 Å². The first kappa shape index (κ1) is 10.5. The molecule has 0 saturated carbocycles. The van der Waals surface area contributed by atoms with Crippen LogP contribution in [-0.2, 0) is 6.42 Å². The van der Waals surface area contributed by atoms with Crippen LogP contribution in [-0.4, -0.2) is 27.7 Å². The van der Waals surface area contributed by atoms with Gasteiger partial charge in [-0.3, -0.25) is 0 Å². The van der Waals surface area contributed by atoms with Crippen LogP contribution >= 0.6 is 0 Å². The number of aromatic nitrogens is 3. The lowest BCUT2D eigenvalue weighted by Gasteiger charge is -2.21. The number of anilines is 1. The molecule has 0 bridgehead atoms. The summed E-state index contributed by atoms with van der Waals surface area (Å²) in [6.45, 7) is 2.26. The molecular weight excluding hydrogens is 214 g/mol. The van der Waals surface area contributed by atoms with E-state index in [2.05, 4.69) is 15.4 Å². The van der Waals surface area contributed by atoms with Crippen molar-refractivity contribution in [2.24, 2.45) is 5.92 Å². The van der Waals surface area contributed by atoms with Crippen LogP contribution in [0, 0.1) is 5.92 Å². The highest BCUT2D eigenvalue weighted by Gasteiger charge is 2.16. The van der Waals surface area contributed by atoms with Gasteiger partial charge < -0.3 is 11.1 Å². The van der Waals surface area contributed by atoms with Crippen molar-refractivity contribution in [3.8, 4) is 0 Å². The Balaban J connectivity index is 1.84. The minimum atomic E-state index is 0.645. The summed E-state index contributed by atoms with van der Waals surface area (Å²) in [5.41, 5.74) is 8.48. The predicted octanol–water partition coefficient (Wildman–Crippen LogP) is 0.854. The number of fused-ring (bicyclic) bond motifs is 1. The third kappa shape index (κ3) is 2.10. The molecule has 2 aromatic rings. The lowest BCUT2D eigenvalue weighted by molar-refractivity contribution is 0.376. The van der Waals surface area contributed by atoms with Crippen molar-refractivity contribution in [3.05, 3.63) is 24.2 Å². The standard InChI is InChI=1S/C12H17N5/c13-11-7-15-12-10(6-16-17(12)8-11)4-9-2-1-3-14-5-9/h6-9,14H,1-5,13H2. The Morgan fingerprint density at radius 2 is 2.41 bits per heavy atom. The summed E-state index contributed by atoms with van der Waals surface area (Å²) in [7, 11) is 0. The molecule has 1 saturated heterocycles. The summed E-state index contributed by atoms with van der Waals surface area (Å²) in [5.74, 6) is 0.705. The summed E-state index contributed by atoms with van der Waals surface area (Å²) in [5, 5.41) is 7.74. The van der Waals surface area contributed by atoms with E-state index in [1.165, 1.54) is 18.4 Å². The van der Waals surface area contributed by atoms with Crippen molar-refractivity contribution >= 4 is 11.3 Å². The van der Waals surface area contributed by atoms with Gasteiger partial charge in [-0.15, -0.1) is 0 Å². The molecule has 1 unspecified atom stereocenters. The van der Waals surface area contributed by atoms with E-state index in [1.807, 2.05) is 12.4 Å². The van der Waals surface area contributed by atoms with E-state index in [0.717, 1.165) is 25.2 Å². The normalized spacial score (nSPS) is 20.8. The molecule has 3 N–H and O–H groups in total. The van der Waals surface area contributed by atoms with Crippen LogP contribution < -0.4 is 11.1 Å². The quantitative estimate of drug-likeness (QED) is 0.804. The van der Waals surface area contributed by atoms with Gasteiger partial charge in [0, 0.05) is 5.56 Å². The van der Waals surface area contributed by atoms with E-state index >= 15 is 0 Å². The zero-order valence-electron chi connectivity index (χ0n) is 9.76. The van der Waals surface area contributed by atoms with Crippen LogP contribution in [0.4, 0.5) is 5.69 Å². The van der Waals surface area contributed by atoms with Crippen LogP contribution in [0.1, 0.15) is 18.4 Å². The zero-order chi connectivity index (χ0) is 11.7. The Kier molecular flexibility index (Phi) is 2.68. The summed E-state index contributed by atoms with van der Waals surface area (Å²) in [4.78, 5) is 4.36. The molecule has 0 radical (unpaired) electrons. The zero-order valence-corrected chi connectivity index (χ0v) is 9.76. The molecule has 1 atom stereocenters. The highest BCUT2D eigenvalue weighted by atomic mass is 15.2. The van der Waals surface area contributed by atoms with Crippen molar-refractivity contribution in [2.75, 3.05) is 18.8 Å². The number of piperidine rings is 1. The molecule has 1 aliphatic heterocycles. The first-order valence-electron chi connectivity index (χ1n) is 6.11. The van der Waals surface area contributed by atoms with Gasteiger partial charge in [-0.2, -0.15) is 5.10 Å². The average molecular weight is 231 g/mol. The number of nitrogen functional groups attached to an aromatic ring is 1. The van der Waals surface area contributed by atoms with Crippen LogP contribution in [0.25, 0.3) is 5.65 Å². The Morgan fingerprint density at radius 1 is 1.47 bits per heavy atom. The van der Waals surface area contributed by atoms with E-state index in [9.17, 15) is 0 Å². The summed E-state index contributed by atoms with van der Waals surface area (Å²) < 4.78 is 1.76. The molecule has 0 aromatic carbocycles. The molecule has 2 aromatic heterocycles. The van der Waals surface area contributed by atoms with Crippen molar-refractivity contribution in [1.29, 1.82) is 0 Å².